The molecule has 3 aromatic heterocycles. The second kappa shape index (κ2) is 8.41. The van der Waals surface area contributed by atoms with Crippen LogP contribution in [0.3, 0.4) is 0 Å². The van der Waals surface area contributed by atoms with Crippen molar-refractivity contribution in [1.29, 1.82) is 0 Å². The minimum atomic E-state index is 0.115. The molecule has 0 bridgehead atoms. The molecule has 32 heavy (non-hydrogen) atoms. The van der Waals surface area contributed by atoms with E-state index in [9.17, 15) is 0 Å². The van der Waals surface area contributed by atoms with E-state index >= 15 is 0 Å². The average molecular weight is 433 g/mol. The summed E-state index contributed by atoms with van der Waals surface area (Å²) >= 11 is 0. The van der Waals surface area contributed by atoms with Crippen molar-refractivity contribution in [2.24, 2.45) is 12.5 Å². The molecule has 0 saturated heterocycles. The van der Waals surface area contributed by atoms with Gasteiger partial charge in [0.1, 0.15) is 17.6 Å². The summed E-state index contributed by atoms with van der Waals surface area (Å²) in [5, 5.41) is 15.7. The molecule has 0 radical (unpaired) electrons. The predicted molar refractivity (Wildman–Crippen MR) is 126 cm³/mol. The van der Waals surface area contributed by atoms with E-state index in [0.717, 1.165) is 46.0 Å². The highest BCUT2D eigenvalue weighted by Gasteiger charge is 2.15. The number of nitrogens with one attached hydrogen (secondary N) is 2. The number of anilines is 3. The SMILES string of the molecule is COc1cc(-c2nncn2C)ccc1Nc1ncc2cc(C)nc(NCC(C)(C)C)c2n1. The van der Waals surface area contributed by atoms with Crippen molar-refractivity contribution in [1.82, 2.24) is 29.7 Å². The number of nitrogens with zero attached hydrogens (tertiary/aromatic N) is 6. The van der Waals surface area contributed by atoms with Gasteiger partial charge in [0.05, 0.1) is 12.8 Å². The first kappa shape index (κ1) is 21.5. The molecule has 3 heterocycles. The number of hydrogen-bond donors (Lipinski definition) is 2. The molecule has 4 aromatic rings. The Bertz CT molecular complexity index is 1260. The first-order valence-corrected chi connectivity index (χ1v) is 10.4. The van der Waals surface area contributed by atoms with Gasteiger partial charge in [-0.2, -0.15) is 0 Å². The minimum Gasteiger partial charge on any atom is -0.495 e. The van der Waals surface area contributed by atoms with E-state index in [1.165, 1.54) is 0 Å². The van der Waals surface area contributed by atoms with E-state index in [2.05, 4.69) is 51.6 Å². The molecule has 4 rings (SSSR count). The highest BCUT2D eigenvalue weighted by molar-refractivity contribution is 5.89. The summed E-state index contributed by atoms with van der Waals surface area (Å²) in [4.78, 5) is 13.9. The molecule has 0 aliphatic carbocycles. The topological polar surface area (TPSA) is 103 Å². The van der Waals surface area contributed by atoms with Gasteiger partial charge in [0, 0.05) is 36.4 Å². The van der Waals surface area contributed by atoms with Crippen molar-refractivity contribution in [3.63, 3.8) is 0 Å². The van der Waals surface area contributed by atoms with E-state index in [1.807, 2.05) is 49.0 Å². The molecular formula is C23H28N8O. The number of aryl methyl sites for hydroxylation is 2. The van der Waals surface area contributed by atoms with E-state index < -0.39 is 0 Å². The molecule has 9 nitrogen and oxygen atoms in total. The molecule has 9 heteroatoms. The lowest BCUT2D eigenvalue weighted by atomic mass is 9.97. The largest absolute Gasteiger partial charge is 0.495 e. The van der Waals surface area contributed by atoms with Gasteiger partial charge >= 0.3 is 0 Å². The third-order valence-electron chi connectivity index (χ3n) is 4.90. The van der Waals surface area contributed by atoms with Crippen molar-refractivity contribution >= 4 is 28.4 Å². The summed E-state index contributed by atoms with van der Waals surface area (Å²) in [7, 11) is 3.53. The van der Waals surface area contributed by atoms with Crippen LogP contribution in [0.4, 0.5) is 17.5 Å². The third kappa shape index (κ3) is 4.61. The van der Waals surface area contributed by atoms with E-state index in [-0.39, 0.29) is 5.41 Å². The van der Waals surface area contributed by atoms with Gasteiger partial charge < -0.3 is 19.9 Å². The van der Waals surface area contributed by atoms with Crippen molar-refractivity contribution in [2.45, 2.75) is 27.7 Å². The molecule has 0 aliphatic heterocycles. The Morgan fingerprint density at radius 3 is 2.62 bits per heavy atom. The van der Waals surface area contributed by atoms with Crippen molar-refractivity contribution in [3.05, 3.63) is 42.5 Å². The zero-order valence-corrected chi connectivity index (χ0v) is 19.3. The summed E-state index contributed by atoms with van der Waals surface area (Å²) < 4.78 is 7.46. The van der Waals surface area contributed by atoms with Gasteiger partial charge in [-0.25, -0.2) is 15.0 Å². The standard InChI is InChI=1S/C23H28N8O/c1-14-9-16-11-24-22(29-19(16)20(27-14)25-12-23(2,3)4)28-17-8-7-15(10-18(17)32-6)21-30-26-13-31(21)5/h7-11,13H,12H2,1-6H3,(H,25,27)(H,24,28,29). The smallest absolute Gasteiger partial charge is 0.227 e. The Hall–Kier alpha value is -3.75. The lowest BCUT2D eigenvalue weighted by Crippen LogP contribution is -2.20. The number of rotatable bonds is 6. The fraction of sp³-hybridized carbons (Fsp3) is 0.348. The van der Waals surface area contributed by atoms with Crippen LogP contribution in [-0.4, -0.2) is 43.4 Å². The Labute approximate surface area is 187 Å². The Morgan fingerprint density at radius 1 is 1.12 bits per heavy atom. The first-order chi connectivity index (χ1) is 15.2. The van der Waals surface area contributed by atoms with Crippen molar-refractivity contribution in [2.75, 3.05) is 24.3 Å². The monoisotopic (exact) mass is 432 g/mol. The summed E-state index contributed by atoms with van der Waals surface area (Å²) in [5.74, 6) is 2.63. The van der Waals surface area contributed by atoms with Crippen LogP contribution in [-0.2, 0) is 7.05 Å². The lowest BCUT2D eigenvalue weighted by molar-refractivity contribution is 0.417. The molecule has 0 spiro atoms. The van der Waals surface area contributed by atoms with Gasteiger partial charge in [-0.3, -0.25) is 0 Å². The fourth-order valence-corrected chi connectivity index (χ4v) is 3.30. The number of fused-ring (bicyclic) bond motifs is 1. The quantitative estimate of drug-likeness (QED) is 0.464. The molecule has 0 amide bonds. The second-order valence-corrected chi connectivity index (χ2v) is 8.96. The normalized spacial score (nSPS) is 11.6. The molecule has 0 atom stereocenters. The van der Waals surface area contributed by atoms with Crippen molar-refractivity contribution < 1.29 is 4.74 Å². The van der Waals surface area contributed by atoms with Gasteiger partial charge in [-0.1, -0.05) is 20.8 Å². The lowest BCUT2D eigenvalue weighted by Gasteiger charge is -2.20. The molecule has 0 saturated carbocycles. The number of hydrogen-bond acceptors (Lipinski definition) is 8. The highest BCUT2D eigenvalue weighted by Crippen LogP contribution is 2.32. The van der Waals surface area contributed by atoms with E-state index in [4.69, 9.17) is 9.72 Å². The Balaban J connectivity index is 1.67. The van der Waals surface area contributed by atoms with Crippen LogP contribution in [0.1, 0.15) is 26.5 Å². The average Bonchev–Trinajstić information content (AvgIpc) is 3.18. The summed E-state index contributed by atoms with van der Waals surface area (Å²) in [5.41, 5.74) is 3.46. The van der Waals surface area contributed by atoms with Gasteiger partial charge in [0.25, 0.3) is 0 Å². The van der Waals surface area contributed by atoms with Gasteiger partial charge in [0.2, 0.25) is 5.95 Å². The molecular weight excluding hydrogens is 404 g/mol. The molecule has 0 fully saturated rings. The van der Waals surface area contributed by atoms with Gasteiger partial charge in [-0.15, -0.1) is 10.2 Å². The number of methoxy groups -OCH3 is 1. The van der Waals surface area contributed by atoms with E-state index in [0.29, 0.717) is 11.7 Å². The first-order valence-electron chi connectivity index (χ1n) is 10.4. The number of ether oxygens (including phenoxy) is 1. The molecule has 1 aromatic carbocycles. The third-order valence-corrected chi connectivity index (χ3v) is 4.90. The van der Waals surface area contributed by atoms with Crippen LogP contribution in [0.2, 0.25) is 0 Å². The highest BCUT2D eigenvalue weighted by atomic mass is 16.5. The van der Waals surface area contributed by atoms with Gasteiger partial charge in [0.15, 0.2) is 11.6 Å². The van der Waals surface area contributed by atoms with Crippen LogP contribution in [0, 0.1) is 12.3 Å². The Kier molecular flexibility index (Phi) is 5.65. The summed E-state index contributed by atoms with van der Waals surface area (Å²) in [6, 6.07) is 7.77. The molecule has 0 aliphatic rings. The maximum atomic E-state index is 5.60. The number of aromatic nitrogens is 6. The zero-order valence-electron chi connectivity index (χ0n) is 19.3. The van der Waals surface area contributed by atoms with Crippen LogP contribution < -0.4 is 15.4 Å². The predicted octanol–water partition coefficient (Wildman–Crippen LogP) is 4.34. The van der Waals surface area contributed by atoms with Crippen LogP contribution in [0.15, 0.2) is 36.8 Å². The van der Waals surface area contributed by atoms with Crippen LogP contribution in [0.25, 0.3) is 22.3 Å². The molecule has 166 valence electrons. The minimum absolute atomic E-state index is 0.115. The number of pyridine rings is 1. The Morgan fingerprint density at radius 2 is 1.94 bits per heavy atom. The summed E-state index contributed by atoms with van der Waals surface area (Å²) in [6.45, 7) is 9.28. The van der Waals surface area contributed by atoms with Gasteiger partial charge in [-0.05, 0) is 36.6 Å². The fourth-order valence-electron chi connectivity index (χ4n) is 3.30. The van der Waals surface area contributed by atoms with E-state index in [1.54, 1.807) is 13.4 Å². The zero-order chi connectivity index (χ0) is 22.9. The number of benzene rings is 1. The summed E-state index contributed by atoms with van der Waals surface area (Å²) in [6.07, 6.45) is 3.47. The van der Waals surface area contributed by atoms with Crippen molar-refractivity contribution in [3.8, 4) is 17.1 Å². The maximum Gasteiger partial charge on any atom is 0.227 e. The maximum absolute atomic E-state index is 5.60. The van der Waals surface area contributed by atoms with Crippen LogP contribution in [0.5, 0.6) is 5.75 Å². The molecule has 2 N–H and O–H groups in total. The second-order valence-electron chi connectivity index (χ2n) is 8.96. The molecule has 0 unspecified atom stereocenters. The van der Waals surface area contributed by atoms with Crippen LogP contribution >= 0.6 is 0 Å².